The monoisotopic (exact) mass is 521 g/mol. The van der Waals surface area contributed by atoms with Gasteiger partial charge in [-0.15, -0.1) is 21.5 Å². The molecule has 3 aromatic heterocycles. The van der Waals surface area contributed by atoms with Gasteiger partial charge in [-0.25, -0.2) is 13.8 Å². The first-order chi connectivity index (χ1) is 18.0. The zero-order valence-electron chi connectivity index (χ0n) is 20.3. The molecule has 190 valence electrons. The van der Waals surface area contributed by atoms with Crippen LogP contribution in [0, 0.1) is 11.6 Å². The van der Waals surface area contributed by atoms with E-state index in [1.54, 1.807) is 37.7 Å². The maximum Gasteiger partial charge on any atom is 0.258 e. The predicted octanol–water partition coefficient (Wildman–Crippen LogP) is 4.33. The molecule has 0 unspecified atom stereocenters. The van der Waals surface area contributed by atoms with Gasteiger partial charge in [0, 0.05) is 26.2 Å². The molecule has 2 atom stereocenters. The molecule has 0 radical (unpaired) electrons. The van der Waals surface area contributed by atoms with Crippen LogP contribution in [0.25, 0.3) is 16.1 Å². The second-order valence-corrected chi connectivity index (χ2v) is 10.1. The summed E-state index contributed by atoms with van der Waals surface area (Å²) in [6.07, 6.45) is 1.65. The summed E-state index contributed by atoms with van der Waals surface area (Å²) >= 11 is 1.52. The Balaban J connectivity index is 1.41. The van der Waals surface area contributed by atoms with Crippen molar-refractivity contribution in [1.82, 2.24) is 29.5 Å². The van der Waals surface area contributed by atoms with E-state index in [2.05, 4.69) is 31.9 Å². The first-order valence-corrected chi connectivity index (χ1v) is 12.9. The minimum Gasteiger partial charge on any atom is -0.383 e. The van der Waals surface area contributed by atoms with Crippen LogP contribution >= 0.6 is 11.3 Å². The van der Waals surface area contributed by atoms with Crippen molar-refractivity contribution in [1.29, 1.82) is 0 Å². The number of fused-ring (bicyclic) bond motifs is 3. The predicted molar refractivity (Wildman–Crippen MR) is 138 cm³/mol. The van der Waals surface area contributed by atoms with E-state index in [1.165, 1.54) is 35.6 Å². The third kappa shape index (κ3) is 4.32. The van der Waals surface area contributed by atoms with Crippen molar-refractivity contribution in [3.63, 3.8) is 0 Å². The van der Waals surface area contributed by atoms with Gasteiger partial charge in [-0.3, -0.25) is 9.30 Å². The molecule has 5 aromatic rings. The van der Waals surface area contributed by atoms with Crippen LogP contribution in [-0.2, 0) is 4.74 Å². The molecular weight excluding hydrogens is 496 g/mol. The van der Waals surface area contributed by atoms with Crippen LogP contribution in [0.15, 0.2) is 60.4 Å². The van der Waals surface area contributed by atoms with E-state index >= 15 is 0 Å². The number of thiazole rings is 1. The van der Waals surface area contributed by atoms with Crippen molar-refractivity contribution < 1.29 is 13.5 Å². The summed E-state index contributed by atoms with van der Waals surface area (Å²) in [5.74, 6) is 0.705. The van der Waals surface area contributed by atoms with Gasteiger partial charge in [0.05, 0.1) is 24.2 Å². The molecule has 37 heavy (non-hydrogen) atoms. The average molecular weight is 522 g/mol. The Labute approximate surface area is 216 Å². The second-order valence-electron chi connectivity index (χ2n) is 9.26. The lowest BCUT2D eigenvalue weighted by Gasteiger charge is -2.49. The fourth-order valence-electron chi connectivity index (χ4n) is 5.24. The summed E-state index contributed by atoms with van der Waals surface area (Å²) in [7, 11) is 1.69. The number of rotatable bonds is 6. The van der Waals surface area contributed by atoms with Gasteiger partial charge in [-0.2, -0.15) is 4.98 Å². The number of anilines is 1. The van der Waals surface area contributed by atoms with Crippen LogP contribution in [-0.4, -0.2) is 68.4 Å². The van der Waals surface area contributed by atoms with Crippen LogP contribution in [0.5, 0.6) is 0 Å². The lowest BCUT2D eigenvalue weighted by molar-refractivity contribution is 0.0519. The van der Waals surface area contributed by atoms with Gasteiger partial charge in [0.1, 0.15) is 28.3 Å². The van der Waals surface area contributed by atoms with E-state index < -0.39 is 0 Å². The molecule has 0 spiro atoms. The van der Waals surface area contributed by atoms with Gasteiger partial charge >= 0.3 is 0 Å². The number of benzene rings is 2. The standard InChI is InChI=1S/C26H25F2N7OS/c1-16-11-34(23(17-3-7-19(27)8-4-17)18-5-9-20(28)10-6-18)21(13-36-2)12-33(16)24-22-25(37-15-29-22)35-14-30-32-26(35)31-24/h3-10,14-16,21,23H,11-13H2,1-2H3/t16-,21-/m0/s1. The summed E-state index contributed by atoms with van der Waals surface area (Å²) in [5, 5.41) is 8.20. The van der Waals surface area contributed by atoms with Gasteiger partial charge in [-0.05, 0) is 42.3 Å². The van der Waals surface area contributed by atoms with E-state index in [1.807, 2.05) is 9.91 Å². The van der Waals surface area contributed by atoms with Gasteiger partial charge in [-0.1, -0.05) is 24.3 Å². The minimum absolute atomic E-state index is 0.0362. The number of hydrogen-bond donors (Lipinski definition) is 0. The zero-order valence-corrected chi connectivity index (χ0v) is 21.1. The first kappa shape index (κ1) is 23.8. The number of halogens is 2. The Hall–Kier alpha value is -3.54. The van der Waals surface area contributed by atoms with Crippen molar-refractivity contribution in [2.24, 2.45) is 0 Å². The molecule has 11 heteroatoms. The largest absolute Gasteiger partial charge is 0.383 e. The topological polar surface area (TPSA) is 71.7 Å². The van der Waals surface area contributed by atoms with Crippen molar-refractivity contribution in [2.45, 2.75) is 25.0 Å². The molecule has 6 rings (SSSR count). The van der Waals surface area contributed by atoms with Crippen molar-refractivity contribution in [3.8, 4) is 0 Å². The Kier molecular flexibility index (Phi) is 6.27. The summed E-state index contributed by atoms with van der Waals surface area (Å²) in [4.78, 5) is 15.0. The molecule has 1 aliphatic heterocycles. The van der Waals surface area contributed by atoms with E-state index in [0.717, 1.165) is 27.3 Å². The third-order valence-electron chi connectivity index (χ3n) is 6.93. The molecule has 8 nitrogen and oxygen atoms in total. The Morgan fingerprint density at radius 3 is 2.35 bits per heavy atom. The van der Waals surface area contributed by atoms with Crippen LogP contribution in [0.3, 0.4) is 0 Å². The highest BCUT2D eigenvalue weighted by molar-refractivity contribution is 7.16. The third-order valence-corrected chi connectivity index (χ3v) is 7.76. The van der Waals surface area contributed by atoms with Crippen LogP contribution < -0.4 is 4.90 Å². The number of nitrogens with zero attached hydrogens (tertiary/aromatic N) is 7. The molecule has 0 N–H and O–H groups in total. The fourth-order valence-corrected chi connectivity index (χ4v) is 6.00. The summed E-state index contributed by atoms with van der Waals surface area (Å²) < 4.78 is 35.2. The smallest absolute Gasteiger partial charge is 0.258 e. The quantitative estimate of drug-likeness (QED) is 0.329. The minimum atomic E-state index is -0.296. The SMILES string of the molecule is COC[C@@H]1CN(c2nc3nncn3c3scnc23)[C@@H](C)CN1C(c1ccc(F)cc1)c1ccc(F)cc1. The van der Waals surface area contributed by atoms with Crippen molar-refractivity contribution >= 4 is 33.3 Å². The van der Waals surface area contributed by atoms with Crippen molar-refractivity contribution in [3.05, 3.63) is 83.1 Å². The van der Waals surface area contributed by atoms with E-state index in [9.17, 15) is 8.78 Å². The maximum absolute atomic E-state index is 13.8. The maximum atomic E-state index is 13.8. The highest BCUT2D eigenvalue weighted by Crippen LogP contribution is 2.36. The van der Waals surface area contributed by atoms with Gasteiger partial charge in [0.2, 0.25) is 0 Å². The van der Waals surface area contributed by atoms with Crippen LogP contribution in [0.1, 0.15) is 24.1 Å². The summed E-state index contributed by atoms with van der Waals surface area (Å²) in [6, 6.07) is 12.9. The zero-order chi connectivity index (χ0) is 25.5. The van der Waals surface area contributed by atoms with Crippen LogP contribution in [0.2, 0.25) is 0 Å². The van der Waals surface area contributed by atoms with Crippen LogP contribution in [0.4, 0.5) is 14.6 Å². The van der Waals surface area contributed by atoms with Gasteiger partial charge < -0.3 is 9.64 Å². The number of piperazine rings is 1. The normalized spacial score (nSPS) is 18.9. The molecule has 1 saturated heterocycles. The molecule has 0 aliphatic carbocycles. The van der Waals surface area contributed by atoms with Crippen molar-refractivity contribution in [2.75, 3.05) is 31.7 Å². The van der Waals surface area contributed by atoms with Gasteiger partial charge in [0.15, 0.2) is 5.82 Å². The highest BCUT2D eigenvalue weighted by Gasteiger charge is 2.38. The number of hydrogen-bond acceptors (Lipinski definition) is 8. The Morgan fingerprint density at radius 2 is 1.70 bits per heavy atom. The molecule has 4 heterocycles. The molecular formula is C26H25F2N7OS. The second kappa shape index (κ2) is 9.73. The lowest BCUT2D eigenvalue weighted by Crippen LogP contribution is -2.60. The molecule has 0 saturated carbocycles. The summed E-state index contributed by atoms with van der Waals surface area (Å²) in [5.41, 5.74) is 4.48. The first-order valence-electron chi connectivity index (χ1n) is 12.0. The number of ether oxygens (including phenoxy) is 1. The number of methoxy groups -OCH3 is 1. The lowest BCUT2D eigenvalue weighted by atomic mass is 9.93. The van der Waals surface area contributed by atoms with E-state index in [4.69, 9.17) is 9.72 Å². The number of aromatic nitrogens is 5. The van der Waals surface area contributed by atoms with E-state index in [0.29, 0.717) is 25.5 Å². The summed E-state index contributed by atoms with van der Waals surface area (Å²) in [6.45, 7) is 3.91. The van der Waals surface area contributed by atoms with Gasteiger partial charge in [0.25, 0.3) is 5.78 Å². The fraction of sp³-hybridized carbons (Fsp3) is 0.308. The molecule has 0 bridgehead atoms. The molecule has 2 aromatic carbocycles. The van der Waals surface area contributed by atoms with E-state index in [-0.39, 0.29) is 29.8 Å². The molecule has 0 amide bonds. The molecule has 1 aliphatic rings. The Bertz CT molecular complexity index is 1480. The molecule has 1 fully saturated rings. The Morgan fingerprint density at radius 1 is 1.03 bits per heavy atom. The highest BCUT2D eigenvalue weighted by atomic mass is 32.1. The average Bonchev–Trinajstić information content (AvgIpc) is 3.57.